The molecule has 1 N–H and O–H groups in total. The number of piperidine rings is 1. The average molecular weight is 297 g/mol. The van der Waals surface area contributed by atoms with Gasteiger partial charge in [-0.3, -0.25) is 4.90 Å². The Kier molecular flexibility index (Phi) is 6.14. The zero-order chi connectivity index (χ0) is 14.4. The van der Waals surface area contributed by atoms with Crippen LogP contribution in [0.15, 0.2) is 24.3 Å². The van der Waals surface area contributed by atoms with Crippen LogP contribution in [0.4, 0.5) is 0 Å². The normalized spacial score (nSPS) is 17.6. The Balaban J connectivity index is 1.62. The fraction of sp³-hybridized carbons (Fsp3) is 0.625. The van der Waals surface area contributed by atoms with Crippen LogP contribution in [-0.4, -0.2) is 43.2 Å². The van der Waals surface area contributed by atoms with Gasteiger partial charge in [-0.2, -0.15) is 0 Å². The van der Waals surface area contributed by atoms with Crippen LogP contribution in [-0.2, 0) is 0 Å². The van der Waals surface area contributed by atoms with Gasteiger partial charge in [0.1, 0.15) is 12.4 Å². The molecule has 112 valence electrons. The van der Waals surface area contributed by atoms with Crippen molar-refractivity contribution in [2.75, 3.05) is 26.2 Å². The minimum absolute atomic E-state index is 0.583. The van der Waals surface area contributed by atoms with E-state index in [1.807, 2.05) is 24.3 Å². The summed E-state index contributed by atoms with van der Waals surface area (Å²) in [6.45, 7) is 8.49. The Morgan fingerprint density at radius 1 is 1.25 bits per heavy atom. The molecule has 0 saturated carbocycles. The summed E-state index contributed by atoms with van der Waals surface area (Å²) in [6, 6.07) is 8.82. The summed E-state index contributed by atoms with van der Waals surface area (Å²) in [7, 11) is 0. The molecule has 4 heteroatoms. The van der Waals surface area contributed by atoms with Gasteiger partial charge in [0.25, 0.3) is 0 Å². The predicted molar refractivity (Wildman–Crippen MR) is 84.7 cm³/mol. The molecule has 3 nitrogen and oxygen atoms in total. The van der Waals surface area contributed by atoms with Crippen LogP contribution in [0, 0.1) is 0 Å². The second-order valence-electron chi connectivity index (χ2n) is 5.74. The fourth-order valence-electron chi connectivity index (χ4n) is 2.62. The molecule has 20 heavy (non-hydrogen) atoms. The first-order valence-corrected chi connectivity index (χ1v) is 7.88. The van der Waals surface area contributed by atoms with Crippen molar-refractivity contribution in [3.8, 4) is 5.75 Å². The van der Waals surface area contributed by atoms with E-state index in [1.54, 1.807) is 0 Å². The van der Waals surface area contributed by atoms with Crippen LogP contribution in [0.1, 0.15) is 26.7 Å². The number of halogens is 1. The molecule has 1 aromatic rings. The molecule has 0 atom stereocenters. The molecule has 0 amide bonds. The first kappa shape index (κ1) is 15.6. The van der Waals surface area contributed by atoms with E-state index in [2.05, 4.69) is 24.1 Å². The van der Waals surface area contributed by atoms with Crippen molar-refractivity contribution in [1.82, 2.24) is 10.2 Å². The molecular formula is C16H25ClN2O. The molecule has 0 unspecified atom stereocenters. The minimum atomic E-state index is 0.583. The molecular weight excluding hydrogens is 272 g/mol. The molecule has 1 heterocycles. The van der Waals surface area contributed by atoms with Gasteiger partial charge in [-0.05, 0) is 50.2 Å². The Morgan fingerprint density at radius 2 is 1.90 bits per heavy atom. The Hall–Kier alpha value is -0.770. The first-order chi connectivity index (χ1) is 9.63. The van der Waals surface area contributed by atoms with Gasteiger partial charge in [-0.1, -0.05) is 25.4 Å². The Morgan fingerprint density at radius 3 is 2.50 bits per heavy atom. The van der Waals surface area contributed by atoms with Gasteiger partial charge < -0.3 is 10.1 Å². The number of benzene rings is 1. The molecule has 1 aromatic carbocycles. The molecule has 0 radical (unpaired) electrons. The number of likely N-dealkylation sites (tertiary alicyclic amines) is 1. The van der Waals surface area contributed by atoms with Crippen LogP contribution in [0.5, 0.6) is 5.75 Å². The predicted octanol–water partition coefficient (Wildman–Crippen LogP) is 3.18. The van der Waals surface area contributed by atoms with Gasteiger partial charge in [-0.15, -0.1) is 0 Å². The highest BCUT2D eigenvalue weighted by atomic mass is 35.5. The number of nitrogens with zero attached hydrogens (tertiary/aromatic N) is 1. The summed E-state index contributed by atoms with van der Waals surface area (Å²) in [4.78, 5) is 2.48. The zero-order valence-electron chi connectivity index (χ0n) is 12.4. The average Bonchev–Trinajstić information content (AvgIpc) is 2.42. The van der Waals surface area contributed by atoms with E-state index in [1.165, 1.54) is 12.8 Å². The summed E-state index contributed by atoms with van der Waals surface area (Å²) < 4.78 is 5.74. The van der Waals surface area contributed by atoms with Gasteiger partial charge in [-0.25, -0.2) is 0 Å². The van der Waals surface area contributed by atoms with Crippen LogP contribution in [0.3, 0.4) is 0 Å². The lowest BCUT2D eigenvalue weighted by Crippen LogP contribution is -2.45. The van der Waals surface area contributed by atoms with E-state index in [-0.39, 0.29) is 0 Å². The fourth-order valence-corrected chi connectivity index (χ4v) is 2.74. The van der Waals surface area contributed by atoms with E-state index in [4.69, 9.17) is 16.3 Å². The number of nitrogens with one attached hydrogen (secondary N) is 1. The van der Waals surface area contributed by atoms with Crippen molar-refractivity contribution in [1.29, 1.82) is 0 Å². The van der Waals surface area contributed by atoms with Crippen molar-refractivity contribution in [2.24, 2.45) is 0 Å². The monoisotopic (exact) mass is 296 g/mol. The molecule has 0 bridgehead atoms. The Bertz CT molecular complexity index is 386. The molecule has 2 rings (SSSR count). The molecule has 0 aromatic heterocycles. The molecule has 1 saturated heterocycles. The second-order valence-corrected chi connectivity index (χ2v) is 6.18. The maximum Gasteiger partial charge on any atom is 0.119 e. The standard InChI is InChI=1S/C16H25ClN2O/c1-13(2)18-15-7-9-19(10-8-15)11-12-20-16-5-3-14(17)4-6-16/h3-6,13,15,18H,7-12H2,1-2H3. The lowest BCUT2D eigenvalue weighted by Gasteiger charge is -2.33. The maximum absolute atomic E-state index is 5.85. The summed E-state index contributed by atoms with van der Waals surface area (Å²) in [5.74, 6) is 0.894. The van der Waals surface area contributed by atoms with Crippen LogP contribution in [0.25, 0.3) is 0 Å². The third-order valence-electron chi connectivity index (χ3n) is 3.65. The SMILES string of the molecule is CC(C)NC1CCN(CCOc2ccc(Cl)cc2)CC1. The number of ether oxygens (including phenoxy) is 1. The van der Waals surface area contributed by atoms with Crippen molar-refractivity contribution >= 4 is 11.6 Å². The van der Waals surface area contributed by atoms with Crippen molar-refractivity contribution in [3.05, 3.63) is 29.3 Å². The van der Waals surface area contributed by atoms with Crippen molar-refractivity contribution in [3.63, 3.8) is 0 Å². The lowest BCUT2D eigenvalue weighted by atomic mass is 10.0. The maximum atomic E-state index is 5.85. The van der Waals surface area contributed by atoms with Crippen molar-refractivity contribution < 1.29 is 4.74 Å². The number of hydrogen-bond donors (Lipinski definition) is 1. The topological polar surface area (TPSA) is 24.5 Å². The largest absolute Gasteiger partial charge is 0.492 e. The van der Waals surface area contributed by atoms with E-state index >= 15 is 0 Å². The van der Waals surface area contributed by atoms with Gasteiger partial charge in [0, 0.05) is 23.7 Å². The van der Waals surface area contributed by atoms with Crippen LogP contribution < -0.4 is 10.1 Å². The first-order valence-electron chi connectivity index (χ1n) is 7.50. The van der Waals surface area contributed by atoms with E-state index < -0.39 is 0 Å². The summed E-state index contributed by atoms with van der Waals surface area (Å²) >= 11 is 5.85. The molecule has 1 fully saturated rings. The minimum Gasteiger partial charge on any atom is -0.492 e. The Labute approximate surface area is 127 Å². The highest BCUT2D eigenvalue weighted by Crippen LogP contribution is 2.16. The van der Waals surface area contributed by atoms with E-state index in [9.17, 15) is 0 Å². The van der Waals surface area contributed by atoms with E-state index in [0.29, 0.717) is 12.1 Å². The lowest BCUT2D eigenvalue weighted by molar-refractivity contribution is 0.162. The van der Waals surface area contributed by atoms with E-state index in [0.717, 1.165) is 37.0 Å². The van der Waals surface area contributed by atoms with Gasteiger partial charge in [0.05, 0.1) is 0 Å². The number of rotatable bonds is 6. The third-order valence-corrected chi connectivity index (χ3v) is 3.90. The van der Waals surface area contributed by atoms with Gasteiger partial charge in [0.15, 0.2) is 0 Å². The zero-order valence-corrected chi connectivity index (χ0v) is 13.2. The number of hydrogen-bond acceptors (Lipinski definition) is 3. The molecule has 0 spiro atoms. The smallest absolute Gasteiger partial charge is 0.119 e. The summed E-state index contributed by atoms with van der Waals surface area (Å²) in [5, 5.41) is 4.37. The van der Waals surface area contributed by atoms with Gasteiger partial charge >= 0.3 is 0 Å². The highest BCUT2D eigenvalue weighted by molar-refractivity contribution is 6.30. The third kappa shape index (κ3) is 5.31. The van der Waals surface area contributed by atoms with Gasteiger partial charge in [0.2, 0.25) is 0 Å². The quantitative estimate of drug-likeness (QED) is 0.872. The molecule has 1 aliphatic rings. The molecule has 1 aliphatic heterocycles. The van der Waals surface area contributed by atoms with Crippen LogP contribution >= 0.6 is 11.6 Å². The van der Waals surface area contributed by atoms with Crippen LogP contribution in [0.2, 0.25) is 5.02 Å². The molecule has 0 aliphatic carbocycles. The highest BCUT2D eigenvalue weighted by Gasteiger charge is 2.18. The summed E-state index contributed by atoms with van der Waals surface area (Å²) in [6.07, 6.45) is 2.47. The second kappa shape index (κ2) is 7.87. The summed E-state index contributed by atoms with van der Waals surface area (Å²) in [5.41, 5.74) is 0. The van der Waals surface area contributed by atoms with Crippen molar-refractivity contribution in [2.45, 2.75) is 38.8 Å².